The van der Waals surface area contributed by atoms with Gasteiger partial charge in [-0.3, -0.25) is 0 Å². The van der Waals surface area contributed by atoms with Gasteiger partial charge in [-0.2, -0.15) is 0 Å². The van der Waals surface area contributed by atoms with Crippen LogP contribution in [-0.2, 0) is 6.42 Å². The fraction of sp³-hybridized carbons (Fsp3) is 0.300. The smallest absolute Gasteiger partial charge is 0.175 e. The number of halogens is 1. The van der Waals surface area contributed by atoms with Crippen LogP contribution in [-0.4, -0.2) is 33.5 Å². The number of hydrogen-bond acceptors (Lipinski definition) is 5. The van der Waals surface area contributed by atoms with Crippen LogP contribution in [0.3, 0.4) is 0 Å². The van der Waals surface area contributed by atoms with Crippen molar-refractivity contribution in [3.63, 3.8) is 0 Å². The lowest BCUT2D eigenvalue weighted by atomic mass is 9.97. The summed E-state index contributed by atoms with van der Waals surface area (Å²) in [4.78, 5) is 0. The van der Waals surface area contributed by atoms with Gasteiger partial charge in [0.1, 0.15) is 17.6 Å². The van der Waals surface area contributed by atoms with Crippen LogP contribution in [0.2, 0.25) is 0 Å². The number of rotatable bonds is 8. The Morgan fingerprint density at radius 3 is 2.15 bits per heavy atom. The molecule has 2 aromatic rings. The molecule has 5 nitrogen and oxygen atoms in total. The number of methoxy groups -OCH3 is 4. The molecule has 140 valence electrons. The topological polar surface area (TPSA) is 57.2 Å². The fourth-order valence-corrected chi connectivity index (χ4v) is 3.50. The molecule has 0 aliphatic rings. The van der Waals surface area contributed by atoms with Crippen molar-refractivity contribution in [2.45, 2.75) is 12.5 Å². The first-order valence-corrected chi connectivity index (χ1v) is 8.75. The molecule has 2 aromatic carbocycles. The molecule has 0 fully saturated rings. The summed E-state index contributed by atoms with van der Waals surface area (Å²) in [7, 11) is 6.27. The summed E-state index contributed by atoms with van der Waals surface area (Å²) in [6, 6.07) is 7.16. The normalized spacial score (nSPS) is 11.6. The highest BCUT2D eigenvalue weighted by Crippen LogP contribution is 2.43. The van der Waals surface area contributed by atoms with E-state index in [1.54, 1.807) is 52.7 Å². The number of aliphatic hydroxyl groups excluding tert-OH is 1. The molecule has 26 heavy (non-hydrogen) atoms. The van der Waals surface area contributed by atoms with Crippen LogP contribution < -0.4 is 18.9 Å². The lowest BCUT2D eigenvalue weighted by Gasteiger charge is -2.21. The van der Waals surface area contributed by atoms with Gasteiger partial charge in [-0.25, -0.2) is 0 Å². The molecular formula is C20H23BrO5. The summed E-state index contributed by atoms with van der Waals surface area (Å²) in [6.45, 7) is 3.76. The van der Waals surface area contributed by atoms with Crippen molar-refractivity contribution in [3.05, 3.63) is 58.1 Å². The van der Waals surface area contributed by atoms with Crippen LogP contribution in [0.15, 0.2) is 41.4 Å². The van der Waals surface area contributed by atoms with E-state index in [1.807, 2.05) is 6.07 Å². The van der Waals surface area contributed by atoms with Gasteiger partial charge >= 0.3 is 0 Å². The SMILES string of the molecule is C=CCc1cc(OC)c(C(O)c2ccc(OC)c(OC)c2Br)cc1OC. The van der Waals surface area contributed by atoms with E-state index < -0.39 is 6.10 Å². The predicted molar refractivity (Wildman–Crippen MR) is 105 cm³/mol. The molecule has 0 saturated heterocycles. The van der Waals surface area contributed by atoms with Gasteiger partial charge in [0, 0.05) is 16.7 Å². The van der Waals surface area contributed by atoms with Crippen LogP contribution in [0.5, 0.6) is 23.0 Å². The van der Waals surface area contributed by atoms with Crippen LogP contribution in [0.25, 0.3) is 0 Å². The second kappa shape index (κ2) is 8.96. The summed E-state index contributed by atoms with van der Waals surface area (Å²) in [5.74, 6) is 2.31. The van der Waals surface area contributed by atoms with E-state index in [0.717, 1.165) is 5.56 Å². The highest BCUT2D eigenvalue weighted by Gasteiger charge is 2.23. The van der Waals surface area contributed by atoms with Crippen LogP contribution in [0, 0.1) is 0 Å². The number of allylic oxidation sites excluding steroid dienone is 1. The maximum atomic E-state index is 11.0. The first-order chi connectivity index (χ1) is 12.5. The molecular weight excluding hydrogens is 400 g/mol. The molecule has 0 aliphatic carbocycles. The summed E-state index contributed by atoms with van der Waals surface area (Å²) < 4.78 is 22.3. The number of hydrogen-bond donors (Lipinski definition) is 1. The van der Waals surface area contributed by atoms with Crippen molar-refractivity contribution in [2.24, 2.45) is 0 Å². The molecule has 0 saturated carbocycles. The maximum Gasteiger partial charge on any atom is 0.175 e. The Hall–Kier alpha value is -2.18. The molecule has 0 aliphatic heterocycles. The molecule has 0 radical (unpaired) electrons. The van der Waals surface area contributed by atoms with E-state index in [4.69, 9.17) is 18.9 Å². The third kappa shape index (κ3) is 3.81. The van der Waals surface area contributed by atoms with Crippen molar-refractivity contribution < 1.29 is 24.1 Å². The largest absolute Gasteiger partial charge is 0.496 e. The third-order valence-electron chi connectivity index (χ3n) is 4.10. The van der Waals surface area contributed by atoms with E-state index in [9.17, 15) is 5.11 Å². The summed E-state index contributed by atoms with van der Waals surface area (Å²) in [5.41, 5.74) is 2.14. The molecule has 6 heteroatoms. The van der Waals surface area contributed by atoms with E-state index in [-0.39, 0.29) is 0 Å². The van der Waals surface area contributed by atoms with Gasteiger partial charge in [-0.15, -0.1) is 6.58 Å². The maximum absolute atomic E-state index is 11.0. The van der Waals surface area contributed by atoms with E-state index in [0.29, 0.717) is 45.0 Å². The average molecular weight is 423 g/mol. The van der Waals surface area contributed by atoms with Gasteiger partial charge in [-0.05, 0) is 40.5 Å². The minimum Gasteiger partial charge on any atom is -0.496 e. The molecule has 0 heterocycles. The third-order valence-corrected chi connectivity index (χ3v) is 4.92. The molecule has 0 aromatic heterocycles. The molecule has 0 amide bonds. The Morgan fingerprint density at radius 2 is 1.62 bits per heavy atom. The van der Waals surface area contributed by atoms with Crippen LogP contribution in [0.1, 0.15) is 22.8 Å². The quantitative estimate of drug-likeness (QED) is 0.642. The van der Waals surface area contributed by atoms with E-state index in [2.05, 4.69) is 22.5 Å². The molecule has 1 unspecified atom stereocenters. The number of aliphatic hydroxyl groups is 1. The van der Waals surface area contributed by atoms with E-state index in [1.165, 1.54) is 0 Å². The lowest BCUT2D eigenvalue weighted by Crippen LogP contribution is -2.06. The van der Waals surface area contributed by atoms with Crippen molar-refractivity contribution in [1.82, 2.24) is 0 Å². The number of ether oxygens (including phenoxy) is 4. The highest BCUT2D eigenvalue weighted by molar-refractivity contribution is 9.10. The molecule has 1 atom stereocenters. The van der Waals surface area contributed by atoms with Crippen LogP contribution >= 0.6 is 15.9 Å². The predicted octanol–water partition coefficient (Wildman–Crippen LogP) is 4.29. The minimum atomic E-state index is -0.953. The zero-order valence-electron chi connectivity index (χ0n) is 15.3. The van der Waals surface area contributed by atoms with E-state index >= 15 is 0 Å². The standard InChI is InChI=1S/C20H23BrO5/c1-6-7-12-10-17(25-4)14(11-16(12)24-3)19(22)13-8-9-15(23-2)20(26-5)18(13)21/h6,8-11,19,22H,1,7H2,2-5H3. The fourth-order valence-electron chi connectivity index (χ4n) is 2.80. The average Bonchev–Trinajstić information content (AvgIpc) is 2.66. The molecule has 2 rings (SSSR count). The Balaban J connectivity index is 2.59. The van der Waals surface area contributed by atoms with Crippen molar-refractivity contribution in [3.8, 4) is 23.0 Å². The monoisotopic (exact) mass is 422 g/mol. The van der Waals surface area contributed by atoms with Crippen molar-refractivity contribution >= 4 is 15.9 Å². The Kier molecular flexibility index (Phi) is 6.94. The van der Waals surface area contributed by atoms with Gasteiger partial charge in [0.15, 0.2) is 11.5 Å². The minimum absolute atomic E-state index is 0.512. The van der Waals surface area contributed by atoms with Gasteiger partial charge in [0.2, 0.25) is 0 Å². The Morgan fingerprint density at radius 1 is 0.962 bits per heavy atom. The molecule has 0 bridgehead atoms. The zero-order valence-corrected chi connectivity index (χ0v) is 16.9. The van der Waals surface area contributed by atoms with Crippen molar-refractivity contribution in [1.29, 1.82) is 0 Å². The first-order valence-electron chi connectivity index (χ1n) is 7.96. The summed E-state index contributed by atoms with van der Waals surface area (Å²) in [5, 5.41) is 11.0. The lowest BCUT2D eigenvalue weighted by molar-refractivity contribution is 0.212. The van der Waals surface area contributed by atoms with Gasteiger partial charge in [0.05, 0.1) is 32.9 Å². The first kappa shape index (κ1) is 20.1. The van der Waals surface area contributed by atoms with Gasteiger partial charge < -0.3 is 24.1 Å². The highest BCUT2D eigenvalue weighted by atomic mass is 79.9. The zero-order chi connectivity index (χ0) is 19.3. The number of benzene rings is 2. The summed E-state index contributed by atoms with van der Waals surface area (Å²) in [6.07, 6.45) is 1.47. The van der Waals surface area contributed by atoms with Gasteiger partial charge in [0.25, 0.3) is 0 Å². The molecule has 1 N–H and O–H groups in total. The second-order valence-corrected chi connectivity index (χ2v) is 6.30. The van der Waals surface area contributed by atoms with Gasteiger partial charge in [-0.1, -0.05) is 12.1 Å². The van der Waals surface area contributed by atoms with Crippen molar-refractivity contribution in [2.75, 3.05) is 28.4 Å². The summed E-state index contributed by atoms with van der Waals surface area (Å²) >= 11 is 3.50. The Labute approximate surface area is 162 Å². The Bertz CT molecular complexity index is 788. The molecule has 0 spiro atoms. The second-order valence-electron chi connectivity index (χ2n) is 5.51. The van der Waals surface area contributed by atoms with Crippen LogP contribution in [0.4, 0.5) is 0 Å².